The highest BCUT2D eigenvalue weighted by Crippen LogP contribution is 1.97. The van der Waals surface area contributed by atoms with E-state index < -0.39 is 0 Å². The Morgan fingerprint density at radius 1 is 1.40 bits per heavy atom. The Hall–Kier alpha value is -1.38. The Morgan fingerprint density at radius 3 is 3.10 bits per heavy atom. The number of pyridine rings is 1. The Balaban J connectivity index is 2.88. The quantitative estimate of drug-likeness (QED) is 0.533. The number of rotatable bonds is 0. The van der Waals surface area contributed by atoms with Crippen LogP contribution in [0.15, 0.2) is 24.4 Å². The molecule has 0 fully saturated rings. The van der Waals surface area contributed by atoms with Crippen molar-refractivity contribution in [3.8, 4) is 0 Å². The predicted octanol–water partition coefficient (Wildman–Crippen LogP) is 0.911. The molecule has 0 unspecified atom stereocenters. The van der Waals surface area contributed by atoms with Crippen LogP contribution in [0, 0.1) is 6.92 Å². The minimum Gasteiger partial charge on any atom is -0.221 e. The molecule has 0 spiro atoms. The van der Waals surface area contributed by atoms with E-state index in [1.54, 1.807) is 4.52 Å². The van der Waals surface area contributed by atoms with Gasteiger partial charge in [0.2, 0.25) is 0 Å². The van der Waals surface area contributed by atoms with Gasteiger partial charge in [0.25, 0.3) is 0 Å². The monoisotopic (exact) mass is 132 g/mol. The molecule has 1 radical (unpaired) electrons. The average Bonchev–Trinajstić information content (AvgIpc) is 2.27. The maximum absolute atomic E-state index is 4.05. The topological polar surface area (TPSA) is 30.2 Å². The van der Waals surface area contributed by atoms with Crippen molar-refractivity contribution >= 4 is 5.65 Å². The van der Waals surface area contributed by atoms with Gasteiger partial charge in [-0.05, 0) is 12.1 Å². The highest BCUT2D eigenvalue weighted by Gasteiger charge is 1.93. The molecule has 0 aromatic carbocycles. The predicted molar refractivity (Wildman–Crippen MR) is 37.4 cm³/mol. The van der Waals surface area contributed by atoms with Crippen molar-refractivity contribution in [2.45, 2.75) is 0 Å². The first kappa shape index (κ1) is 5.41. The van der Waals surface area contributed by atoms with Gasteiger partial charge >= 0.3 is 0 Å². The first-order valence-corrected chi connectivity index (χ1v) is 2.99. The summed E-state index contributed by atoms with van der Waals surface area (Å²) in [5, 5.41) is 4.01. The molecule has 0 bridgehead atoms. The summed E-state index contributed by atoms with van der Waals surface area (Å²) in [6.07, 6.45) is 1.84. The fraction of sp³-hybridized carbons (Fsp3) is 0. The zero-order chi connectivity index (χ0) is 6.97. The molecule has 0 aliphatic heterocycles. The number of hydrogen-bond donors (Lipinski definition) is 0. The maximum atomic E-state index is 4.05. The molecule has 0 atom stereocenters. The zero-order valence-corrected chi connectivity index (χ0v) is 5.36. The Bertz CT molecular complexity index is 317. The van der Waals surface area contributed by atoms with Crippen molar-refractivity contribution in [3.05, 3.63) is 37.1 Å². The molecule has 0 N–H and O–H groups in total. The van der Waals surface area contributed by atoms with E-state index in [4.69, 9.17) is 0 Å². The number of hydrogen-bond acceptors (Lipinski definition) is 2. The van der Waals surface area contributed by atoms with E-state index in [1.165, 1.54) is 0 Å². The van der Waals surface area contributed by atoms with Gasteiger partial charge in [0, 0.05) is 13.1 Å². The lowest BCUT2D eigenvalue weighted by Crippen LogP contribution is -1.83. The van der Waals surface area contributed by atoms with Crippen molar-refractivity contribution in [2.24, 2.45) is 0 Å². The largest absolute Gasteiger partial charge is 0.221 e. The van der Waals surface area contributed by atoms with Crippen molar-refractivity contribution in [2.75, 3.05) is 0 Å². The molecular formula is C7H6N3. The number of fused-ring (bicyclic) bond motifs is 1. The minimum atomic E-state index is 0.561. The van der Waals surface area contributed by atoms with Crippen LogP contribution in [0.3, 0.4) is 0 Å². The summed E-state index contributed by atoms with van der Waals surface area (Å²) in [4.78, 5) is 4.05. The first-order chi connectivity index (χ1) is 4.86. The molecule has 0 saturated heterocycles. The van der Waals surface area contributed by atoms with E-state index in [2.05, 4.69) is 17.0 Å². The molecule has 2 heterocycles. The second kappa shape index (κ2) is 1.80. The number of nitrogens with zero attached hydrogens (tertiary/aromatic N) is 3. The molecule has 10 heavy (non-hydrogen) atoms. The summed E-state index contributed by atoms with van der Waals surface area (Å²) in [5.41, 5.74) is 0.840. The molecule has 2 aromatic rings. The summed E-state index contributed by atoms with van der Waals surface area (Å²) in [6, 6.07) is 5.71. The van der Waals surface area contributed by atoms with Crippen molar-refractivity contribution in [3.63, 3.8) is 0 Å². The van der Waals surface area contributed by atoms with Gasteiger partial charge in [-0.15, -0.1) is 0 Å². The summed E-state index contributed by atoms with van der Waals surface area (Å²) >= 11 is 0. The van der Waals surface area contributed by atoms with Gasteiger partial charge in [-0.1, -0.05) is 6.07 Å². The SMILES string of the molecule is [CH2]c1nc2ccccn2n1. The Morgan fingerprint density at radius 2 is 2.30 bits per heavy atom. The molecule has 0 aliphatic rings. The van der Waals surface area contributed by atoms with Gasteiger partial charge in [0.15, 0.2) is 11.5 Å². The van der Waals surface area contributed by atoms with Crippen molar-refractivity contribution in [1.82, 2.24) is 14.6 Å². The molecule has 0 aliphatic carbocycles. The van der Waals surface area contributed by atoms with Crippen molar-refractivity contribution < 1.29 is 0 Å². The second-order valence-electron chi connectivity index (χ2n) is 2.03. The van der Waals surface area contributed by atoms with Crippen LogP contribution in [-0.2, 0) is 0 Å². The zero-order valence-electron chi connectivity index (χ0n) is 5.36. The van der Waals surface area contributed by atoms with Crippen LogP contribution < -0.4 is 0 Å². The third-order valence-electron chi connectivity index (χ3n) is 1.29. The standard InChI is InChI=1S/C7H6N3/c1-6-8-7-4-2-3-5-10(7)9-6/h2-5H,1H2. The van der Waals surface area contributed by atoms with Gasteiger partial charge < -0.3 is 0 Å². The lowest BCUT2D eigenvalue weighted by molar-refractivity contribution is 0.947. The molecular weight excluding hydrogens is 126 g/mol. The van der Waals surface area contributed by atoms with Gasteiger partial charge in [-0.3, -0.25) is 0 Å². The van der Waals surface area contributed by atoms with E-state index in [0.29, 0.717) is 5.82 Å². The van der Waals surface area contributed by atoms with E-state index in [1.807, 2.05) is 24.4 Å². The first-order valence-electron chi connectivity index (χ1n) is 2.99. The number of aromatic nitrogens is 3. The summed E-state index contributed by atoms with van der Waals surface area (Å²) in [5.74, 6) is 0.561. The van der Waals surface area contributed by atoms with Crippen LogP contribution in [0.1, 0.15) is 5.82 Å². The smallest absolute Gasteiger partial charge is 0.155 e. The van der Waals surface area contributed by atoms with E-state index in [0.717, 1.165) is 5.65 Å². The lowest BCUT2D eigenvalue weighted by Gasteiger charge is -1.84. The summed E-state index contributed by atoms with van der Waals surface area (Å²) < 4.78 is 1.70. The second-order valence-corrected chi connectivity index (χ2v) is 2.03. The van der Waals surface area contributed by atoms with E-state index >= 15 is 0 Å². The minimum absolute atomic E-state index is 0.561. The maximum Gasteiger partial charge on any atom is 0.155 e. The van der Waals surface area contributed by atoms with E-state index in [-0.39, 0.29) is 0 Å². The molecule has 0 amide bonds. The molecule has 3 nitrogen and oxygen atoms in total. The van der Waals surface area contributed by atoms with Crippen LogP contribution in [-0.4, -0.2) is 14.6 Å². The highest BCUT2D eigenvalue weighted by atomic mass is 15.3. The van der Waals surface area contributed by atoms with Crippen LogP contribution in [0.2, 0.25) is 0 Å². The fourth-order valence-electron chi connectivity index (χ4n) is 0.878. The molecule has 2 aromatic heterocycles. The lowest BCUT2D eigenvalue weighted by atomic mass is 10.5. The molecule has 2 rings (SSSR count). The van der Waals surface area contributed by atoms with Crippen LogP contribution >= 0.6 is 0 Å². The van der Waals surface area contributed by atoms with Gasteiger partial charge in [0.05, 0.1) is 0 Å². The molecule has 0 saturated carbocycles. The third-order valence-corrected chi connectivity index (χ3v) is 1.29. The molecule has 49 valence electrons. The van der Waals surface area contributed by atoms with Gasteiger partial charge in [-0.2, -0.15) is 5.10 Å². The molecule has 3 heteroatoms. The van der Waals surface area contributed by atoms with Crippen LogP contribution in [0.5, 0.6) is 0 Å². The average molecular weight is 132 g/mol. The highest BCUT2D eigenvalue weighted by molar-refractivity contribution is 5.36. The Kier molecular flexibility index (Phi) is 0.974. The summed E-state index contributed by atoms with van der Waals surface area (Å²) in [7, 11) is 0. The van der Waals surface area contributed by atoms with Crippen LogP contribution in [0.4, 0.5) is 0 Å². The Labute approximate surface area is 58.3 Å². The normalized spacial score (nSPS) is 10.5. The van der Waals surface area contributed by atoms with E-state index in [9.17, 15) is 0 Å². The van der Waals surface area contributed by atoms with Gasteiger partial charge in [0.1, 0.15) is 0 Å². The summed E-state index contributed by atoms with van der Waals surface area (Å²) in [6.45, 7) is 3.61. The van der Waals surface area contributed by atoms with Crippen LogP contribution in [0.25, 0.3) is 5.65 Å². The fourth-order valence-corrected chi connectivity index (χ4v) is 0.878. The third kappa shape index (κ3) is 0.673. The van der Waals surface area contributed by atoms with Gasteiger partial charge in [-0.25, -0.2) is 9.50 Å². The van der Waals surface area contributed by atoms with Crippen molar-refractivity contribution in [1.29, 1.82) is 0 Å².